The molecule has 1 aliphatic heterocycles. The molecule has 0 radical (unpaired) electrons. The van der Waals surface area contributed by atoms with E-state index in [-0.39, 0.29) is 13.1 Å². The maximum absolute atomic E-state index is 12.3. The summed E-state index contributed by atoms with van der Waals surface area (Å²) in [7, 11) is 0. The van der Waals surface area contributed by atoms with Crippen molar-refractivity contribution in [3.63, 3.8) is 0 Å². The molecular weight excluding hydrogens is 252 g/mol. The van der Waals surface area contributed by atoms with E-state index in [1.807, 2.05) is 0 Å². The highest BCUT2D eigenvalue weighted by atomic mass is 16.2. The molecular formula is C11H16N4O4. The molecule has 2 fully saturated rings. The number of urea groups is 2. The van der Waals surface area contributed by atoms with Crippen LogP contribution < -0.4 is 16.4 Å². The van der Waals surface area contributed by atoms with E-state index in [9.17, 15) is 19.2 Å². The van der Waals surface area contributed by atoms with Crippen LogP contribution in [0.3, 0.4) is 0 Å². The number of imide groups is 2. The number of nitrogens with zero attached hydrogens (tertiary/aromatic N) is 1. The minimum absolute atomic E-state index is 0.00262. The second-order valence-corrected chi connectivity index (χ2v) is 4.80. The van der Waals surface area contributed by atoms with E-state index >= 15 is 0 Å². The monoisotopic (exact) mass is 268 g/mol. The Morgan fingerprint density at radius 3 is 2.53 bits per heavy atom. The van der Waals surface area contributed by atoms with Gasteiger partial charge in [-0.1, -0.05) is 12.8 Å². The zero-order valence-electron chi connectivity index (χ0n) is 10.4. The number of carbonyl (C=O) groups is 4. The Hall–Kier alpha value is -2.12. The van der Waals surface area contributed by atoms with Crippen molar-refractivity contribution in [3.8, 4) is 0 Å². The molecule has 1 saturated carbocycles. The highest BCUT2D eigenvalue weighted by molar-refractivity contribution is 6.19. The summed E-state index contributed by atoms with van der Waals surface area (Å²) in [6, 6.07) is -1.46. The molecule has 104 valence electrons. The van der Waals surface area contributed by atoms with Crippen LogP contribution in [0.25, 0.3) is 0 Å². The summed E-state index contributed by atoms with van der Waals surface area (Å²) in [5.74, 6) is -0.968. The van der Waals surface area contributed by atoms with E-state index in [0.29, 0.717) is 12.8 Å². The summed E-state index contributed by atoms with van der Waals surface area (Å²) < 4.78 is 0. The molecule has 2 aliphatic rings. The lowest BCUT2D eigenvalue weighted by Gasteiger charge is -2.36. The van der Waals surface area contributed by atoms with E-state index in [2.05, 4.69) is 10.6 Å². The normalized spacial score (nSPS) is 21.7. The molecule has 0 atom stereocenters. The van der Waals surface area contributed by atoms with E-state index < -0.39 is 29.3 Å². The predicted molar refractivity (Wildman–Crippen MR) is 63.7 cm³/mol. The lowest BCUT2D eigenvalue weighted by Crippen LogP contribution is -2.63. The fraction of sp³-hybridized carbons (Fsp3) is 0.636. The first-order valence-corrected chi connectivity index (χ1v) is 6.18. The van der Waals surface area contributed by atoms with Gasteiger partial charge in [0.1, 0.15) is 5.41 Å². The number of nitrogens with two attached hydrogens (primary N) is 1. The van der Waals surface area contributed by atoms with Crippen LogP contribution in [-0.4, -0.2) is 41.9 Å². The Morgan fingerprint density at radius 1 is 1.32 bits per heavy atom. The summed E-state index contributed by atoms with van der Waals surface area (Å²) in [4.78, 5) is 47.4. The largest absolute Gasteiger partial charge is 0.352 e. The molecule has 0 aromatic rings. The van der Waals surface area contributed by atoms with Crippen molar-refractivity contribution in [2.75, 3.05) is 13.1 Å². The number of barbiturate groups is 1. The highest BCUT2D eigenvalue weighted by Gasteiger charge is 2.54. The third-order valence-electron chi connectivity index (χ3n) is 3.65. The molecule has 19 heavy (non-hydrogen) atoms. The van der Waals surface area contributed by atoms with Gasteiger partial charge in [0.15, 0.2) is 0 Å². The zero-order chi connectivity index (χ0) is 14.0. The Morgan fingerprint density at radius 2 is 1.95 bits per heavy atom. The molecule has 1 aliphatic carbocycles. The van der Waals surface area contributed by atoms with Gasteiger partial charge in [0.2, 0.25) is 11.8 Å². The van der Waals surface area contributed by atoms with Crippen LogP contribution in [0.1, 0.15) is 25.7 Å². The van der Waals surface area contributed by atoms with Gasteiger partial charge in [-0.2, -0.15) is 0 Å². The quantitative estimate of drug-likeness (QED) is 0.585. The third kappa shape index (κ3) is 2.25. The molecule has 0 unspecified atom stereocenters. The first kappa shape index (κ1) is 13.3. The molecule has 8 nitrogen and oxygen atoms in total. The van der Waals surface area contributed by atoms with Crippen LogP contribution in [0.5, 0.6) is 0 Å². The van der Waals surface area contributed by atoms with Crippen LogP contribution in [0, 0.1) is 5.41 Å². The van der Waals surface area contributed by atoms with Crippen molar-refractivity contribution in [2.24, 2.45) is 11.1 Å². The predicted octanol–water partition coefficient (Wildman–Crippen LogP) is -0.707. The molecule has 0 aromatic carbocycles. The SMILES string of the molecule is NC(=O)NCCN1C(=O)NC(=O)C2(CCCC2)C1=O. The van der Waals surface area contributed by atoms with E-state index in [1.165, 1.54) is 0 Å². The van der Waals surface area contributed by atoms with Crippen molar-refractivity contribution in [1.82, 2.24) is 15.5 Å². The highest BCUT2D eigenvalue weighted by Crippen LogP contribution is 2.41. The molecule has 0 bridgehead atoms. The lowest BCUT2D eigenvalue weighted by molar-refractivity contribution is -0.151. The van der Waals surface area contributed by atoms with Gasteiger partial charge in [-0.3, -0.25) is 19.8 Å². The van der Waals surface area contributed by atoms with Gasteiger partial charge < -0.3 is 11.1 Å². The topological polar surface area (TPSA) is 122 Å². The van der Waals surface area contributed by atoms with Crippen LogP contribution in [0.2, 0.25) is 0 Å². The minimum Gasteiger partial charge on any atom is -0.352 e. The van der Waals surface area contributed by atoms with E-state index in [0.717, 1.165) is 17.7 Å². The molecule has 1 heterocycles. The Balaban J connectivity index is 2.10. The van der Waals surface area contributed by atoms with E-state index in [1.54, 1.807) is 0 Å². The van der Waals surface area contributed by atoms with Crippen LogP contribution in [0.15, 0.2) is 0 Å². The Kier molecular flexibility index (Phi) is 3.41. The molecule has 1 spiro atoms. The second-order valence-electron chi connectivity index (χ2n) is 4.80. The lowest BCUT2D eigenvalue weighted by atomic mass is 9.82. The third-order valence-corrected chi connectivity index (χ3v) is 3.65. The van der Waals surface area contributed by atoms with Crippen LogP contribution in [0.4, 0.5) is 9.59 Å². The molecule has 1 saturated heterocycles. The number of primary amides is 1. The number of amides is 6. The van der Waals surface area contributed by atoms with E-state index in [4.69, 9.17) is 5.73 Å². The molecule has 4 N–H and O–H groups in total. The molecule has 2 rings (SSSR count). The number of rotatable bonds is 3. The maximum atomic E-state index is 12.3. The van der Waals surface area contributed by atoms with Crippen molar-refractivity contribution >= 4 is 23.9 Å². The number of hydrogen-bond acceptors (Lipinski definition) is 4. The van der Waals surface area contributed by atoms with Gasteiger partial charge in [-0.05, 0) is 12.8 Å². The number of hydrogen-bond donors (Lipinski definition) is 3. The summed E-state index contributed by atoms with van der Waals surface area (Å²) in [5, 5.41) is 4.52. The van der Waals surface area contributed by atoms with Gasteiger partial charge in [0.05, 0.1) is 0 Å². The standard InChI is InChI=1S/C11H16N4O4/c12-9(18)13-5-6-15-8(17)11(3-1-2-4-11)7(16)14-10(15)19/h1-6H2,(H3,12,13,18)(H,14,16,19). The number of nitrogens with one attached hydrogen (secondary N) is 2. The van der Waals surface area contributed by atoms with Crippen molar-refractivity contribution in [2.45, 2.75) is 25.7 Å². The fourth-order valence-electron chi connectivity index (χ4n) is 2.65. The first-order chi connectivity index (χ1) is 8.97. The summed E-state index contributed by atoms with van der Waals surface area (Å²) in [5.41, 5.74) is 3.81. The minimum atomic E-state index is -1.10. The number of carbonyl (C=O) groups excluding carboxylic acids is 4. The van der Waals surface area contributed by atoms with Crippen molar-refractivity contribution in [1.29, 1.82) is 0 Å². The van der Waals surface area contributed by atoms with Gasteiger partial charge in [0, 0.05) is 13.1 Å². The zero-order valence-corrected chi connectivity index (χ0v) is 10.4. The Bertz CT molecular complexity index is 442. The van der Waals surface area contributed by atoms with Crippen LogP contribution in [-0.2, 0) is 9.59 Å². The van der Waals surface area contributed by atoms with Crippen molar-refractivity contribution < 1.29 is 19.2 Å². The van der Waals surface area contributed by atoms with Gasteiger partial charge in [-0.15, -0.1) is 0 Å². The Labute approximate surface area is 109 Å². The van der Waals surface area contributed by atoms with Gasteiger partial charge >= 0.3 is 12.1 Å². The molecule has 8 heteroatoms. The maximum Gasteiger partial charge on any atom is 0.330 e. The molecule has 0 aromatic heterocycles. The van der Waals surface area contributed by atoms with Crippen molar-refractivity contribution in [3.05, 3.63) is 0 Å². The second kappa shape index (κ2) is 4.87. The summed E-state index contributed by atoms with van der Waals surface area (Å²) >= 11 is 0. The average molecular weight is 268 g/mol. The smallest absolute Gasteiger partial charge is 0.330 e. The molecule has 6 amide bonds. The van der Waals surface area contributed by atoms with Gasteiger partial charge in [0.25, 0.3) is 0 Å². The van der Waals surface area contributed by atoms with Crippen LogP contribution >= 0.6 is 0 Å². The average Bonchev–Trinajstić information content (AvgIpc) is 2.82. The summed E-state index contributed by atoms with van der Waals surface area (Å²) in [6.07, 6.45) is 2.51. The summed E-state index contributed by atoms with van der Waals surface area (Å²) in [6.45, 7) is 0.0708. The van der Waals surface area contributed by atoms with Gasteiger partial charge in [-0.25, -0.2) is 9.59 Å². The first-order valence-electron chi connectivity index (χ1n) is 6.18. The fourth-order valence-corrected chi connectivity index (χ4v) is 2.65.